The number of nitrogen functional groups attached to an aromatic ring is 1. The lowest BCUT2D eigenvalue weighted by atomic mass is 10.1. The van der Waals surface area contributed by atoms with Crippen molar-refractivity contribution in [2.24, 2.45) is 0 Å². The summed E-state index contributed by atoms with van der Waals surface area (Å²) >= 11 is 8.02. The van der Waals surface area contributed by atoms with Crippen LogP contribution in [-0.2, 0) is 36.7 Å². The van der Waals surface area contributed by atoms with Crippen molar-refractivity contribution in [3.63, 3.8) is 0 Å². The van der Waals surface area contributed by atoms with Gasteiger partial charge in [0.2, 0.25) is 0 Å². The number of nitrogens with zero attached hydrogens (tertiary/aromatic N) is 8. The van der Waals surface area contributed by atoms with Crippen LogP contribution in [0, 0.1) is 6.92 Å². The Morgan fingerprint density at radius 2 is 1.27 bits per heavy atom. The Balaban J connectivity index is 1.22. The highest BCUT2D eigenvalue weighted by molar-refractivity contribution is 8.44. The van der Waals surface area contributed by atoms with Crippen molar-refractivity contribution in [1.82, 2.24) is 39.0 Å². The number of halogens is 2. The molecule has 236 valence electrons. The molecule has 7 heterocycles. The fraction of sp³-hybridized carbons (Fsp3) is 0.524. The molecular weight excluding hydrogens is 670 g/mol. The fourth-order valence-corrected chi connectivity index (χ4v) is 8.15. The minimum absolute atomic E-state index is 0.0519. The number of ether oxygens (including phenoxy) is 2. The Hall–Kier alpha value is -2.32. The zero-order valence-electron chi connectivity index (χ0n) is 22.3. The van der Waals surface area contributed by atoms with E-state index in [-0.39, 0.29) is 22.6 Å². The number of fused-ring (bicyclic) bond motifs is 6. The topological polar surface area (TPSA) is 203 Å². The Bertz CT molecular complexity index is 1710. The van der Waals surface area contributed by atoms with Gasteiger partial charge in [0.15, 0.2) is 41.9 Å². The lowest BCUT2D eigenvalue weighted by molar-refractivity contribution is -0.0575. The van der Waals surface area contributed by atoms with Crippen molar-refractivity contribution >= 4 is 66.2 Å². The Morgan fingerprint density at radius 1 is 0.795 bits per heavy atom. The molecule has 0 radical (unpaired) electrons. The van der Waals surface area contributed by atoms with E-state index in [0.717, 1.165) is 0 Å². The molecule has 10 atom stereocenters. The number of alkyl halides is 2. The molecule has 3 saturated heterocycles. The highest BCUT2D eigenvalue weighted by Gasteiger charge is 2.54. The van der Waals surface area contributed by atoms with E-state index in [1.165, 1.54) is 34.4 Å². The Kier molecular flexibility index (Phi) is 7.71. The van der Waals surface area contributed by atoms with E-state index in [1.807, 2.05) is 0 Å². The maximum atomic E-state index is 15.9. The lowest BCUT2D eigenvalue weighted by Gasteiger charge is -2.25. The summed E-state index contributed by atoms with van der Waals surface area (Å²) in [7, 11) is 0. The normalized spacial score (nSPS) is 38.3. The molecule has 0 saturated carbocycles. The molecule has 0 unspecified atom stereocenters. The number of nitrogens with two attached hydrogens (primary N) is 1. The molecule has 3 aliphatic rings. The highest BCUT2D eigenvalue weighted by atomic mass is 32.7. The van der Waals surface area contributed by atoms with E-state index in [4.69, 9.17) is 33.3 Å². The molecule has 0 spiro atoms. The quantitative estimate of drug-likeness (QED) is 0.204. The zero-order chi connectivity index (χ0) is 31.0. The number of thiol groups is 2. The van der Waals surface area contributed by atoms with Crippen LogP contribution in [0.15, 0.2) is 25.3 Å². The maximum Gasteiger partial charge on any atom is 0.386 e. The summed E-state index contributed by atoms with van der Waals surface area (Å²) in [6.07, 6.45) is -7.85. The summed E-state index contributed by atoms with van der Waals surface area (Å²) < 4.78 is 94.9. The predicted octanol–water partition coefficient (Wildman–Crippen LogP) is 2.92. The number of aromatic nitrogens is 8. The van der Waals surface area contributed by atoms with Gasteiger partial charge in [-0.05, 0) is 6.92 Å². The van der Waals surface area contributed by atoms with Crippen LogP contribution in [0.5, 0.6) is 0 Å². The first-order chi connectivity index (χ1) is 20.9. The van der Waals surface area contributed by atoms with E-state index in [0.29, 0.717) is 11.2 Å². The number of imidazole rings is 2. The second-order valence-electron chi connectivity index (χ2n) is 10.1. The monoisotopic (exact) mass is 693 g/mol. The van der Waals surface area contributed by atoms with E-state index < -0.39 is 76.0 Å². The number of aryl methyl sites for hydroxylation is 1. The van der Waals surface area contributed by atoms with Crippen molar-refractivity contribution in [2.75, 3.05) is 18.9 Å². The van der Waals surface area contributed by atoms with Crippen LogP contribution >= 0.6 is 38.1 Å². The number of hydrogen-bond acceptors (Lipinski definition) is 15. The molecular formula is C21H23F2N9O8P2S2. The third-order valence-electron chi connectivity index (χ3n) is 7.32. The van der Waals surface area contributed by atoms with Gasteiger partial charge in [0.1, 0.15) is 48.1 Å². The molecule has 0 aliphatic carbocycles. The summed E-state index contributed by atoms with van der Waals surface area (Å²) in [4.78, 5) is 24.7. The number of hydrogen-bond donors (Lipinski definition) is 3. The fourth-order valence-electron chi connectivity index (χ4n) is 5.25. The average molecular weight is 694 g/mol. The minimum Gasteiger partial charge on any atom is -0.382 e. The first-order valence-electron chi connectivity index (χ1n) is 12.9. The molecule has 17 nitrogen and oxygen atoms in total. The smallest absolute Gasteiger partial charge is 0.382 e. The standard InChI is InChI=1S/C21H23F2N9O8P2S2/c1-8-13-18(27-4-25-8)31(6-29-13)20-15-11(22)9(37-20)2-35-42(34,44)40-16-12(23)10(3-36-41(33,43)39-15)38-21(16)32-7-30-14-17(24)26-5-28-19(14)32/h4-7,9-12,15-16,20-21H,2-3H2,1H3,(H,33,43)(H,34,44)(H2,24,26,28)/t9-,10-,11-,12-,15-,16-,20-,21-,41-,42-/m1/s1. The van der Waals surface area contributed by atoms with Gasteiger partial charge in [-0.15, -0.1) is 0 Å². The van der Waals surface area contributed by atoms with Gasteiger partial charge in [-0.3, -0.25) is 27.2 Å². The van der Waals surface area contributed by atoms with Crippen LogP contribution in [0.2, 0.25) is 0 Å². The van der Waals surface area contributed by atoms with E-state index in [9.17, 15) is 9.13 Å². The SMILES string of the molecule is Cc1ncnc2c1ncn2[C@@H]1O[C@@H]2CO[P@@](=O)(S)O[C@@H]3[C@H](F)[C@@H](CO[P@@](=O)(S)O[C@@H]1[C@@H]2F)O[C@H]3n1cnc2c(N)ncnc21. The molecule has 0 amide bonds. The van der Waals surface area contributed by atoms with Crippen LogP contribution in [0.1, 0.15) is 18.1 Å². The van der Waals surface area contributed by atoms with E-state index in [2.05, 4.69) is 54.4 Å². The van der Waals surface area contributed by atoms with Crippen molar-refractivity contribution in [3.8, 4) is 0 Å². The second kappa shape index (κ2) is 11.2. The predicted molar refractivity (Wildman–Crippen MR) is 152 cm³/mol. The minimum atomic E-state index is -4.42. The lowest BCUT2D eigenvalue weighted by Crippen LogP contribution is -2.34. The summed E-state index contributed by atoms with van der Waals surface area (Å²) in [6, 6.07) is 0. The van der Waals surface area contributed by atoms with Crippen LogP contribution in [0.4, 0.5) is 14.6 Å². The Labute approximate surface area is 256 Å². The van der Waals surface area contributed by atoms with E-state index >= 15 is 8.78 Å². The van der Waals surface area contributed by atoms with Gasteiger partial charge in [-0.2, -0.15) is 0 Å². The molecule has 4 aromatic heterocycles. The molecule has 0 aromatic carbocycles. The summed E-state index contributed by atoms with van der Waals surface area (Å²) in [5.74, 6) is 0.0519. The van der Waals surface area contributed by atoms with Crippen molar-refractivity contribution < 1.29 is 45.5 Å². The number of anilines is 1. The van der Waals surface area contributed by atoms with Gasteiger partial charge in [0.25, 0.3) is 0 Å². The maximum absolute atomic E-state index is 15.9. The van der Waals surface area contributed by atoms with Crippen LogP contribution in [-0.4, -0.2) is 89.0 Å². The summed E-state index contributed by atoms with van der Waals surface area (Å²) in [5, 5.41) is 0. The molecule has 4 bridgehead atoms. The van der Waals surface area contributed by atoms with Gasteiger partial charge in [0.05, 0.1) is 31.6 Å². The Morgan fingerprint density at radius 3 is 1.82 bits per heavy atom. The molecule has 7 rings (SSSR count). The van der Waals surface area contributed by atoms with Crippen molar-refractivity contribution in [1.29, 1.82) is 0 Å². The zero-order valence-corrected chi connectivity index (χ0v) is 25.9. The first kappa shape index (κ1) is 30.3. The van der Waals surface area contributed by atoms with Crippen molar-refractivity contribution in [3.05, 3.63) is 31.0 Å². The molecule has 2 N–H and O–H groups in total. The molecule has 3 aliphatic heterocycles. The van der Waals surface area contributed by atoms with Crippen LogP contribution in [0.3, 0.4) is 0 Å². The summed E-state index contributed by atoms with van der Waals surface area (Å²) in [5.41, 5.74) is 7.45. The van der Waals surface area contributed by atoms with Gasteiger partial charge >= 0.3 is 13.6 Å². The summed E-state index contributed by atoms with van der Waals surface area (Å²) in [6.45, 7) is -8.51. The van der Waals surface area contributed by atoms with Gasteiger partial charge in [-0.1, -0.05) is 24.5 Å². The van der Waals surface area contributed by atoms with Gasteiger partial charge in [-0.25, -0.2) is 47.8 Å². The highest BCUT2D eigenvalue weighted by Crippen LogP contribution is 2.60. The molecule has 4 aromatic rings. The number of rotatable bonds is 2. The molecule has 23 heteroatoms. The first-order valence-corrected chi connectivity index (χ1v) is 18.3. The van der Waals surface area contributed by atoms with Crippen LogP contribution < -0.4 is 5.73 Å². The molecule has 3 fully saturated rings. The van der Waals surface area contributed by atoms with Crippen molar-refractivity contribution in [2.45, 2.75) is 56.1 Å². The van der Waals surface area contributed by atoms with Gasteiger partial charge in [0, 0.05) is 0 Å². The third kappa shape index (κ3) is 5.32. The third-order valence-corrected chi connectivity index (χ3v) is 10.5. The second-order valence-corrected chi connectivity index (χ2v) is 15.8. The van der Waals surface area contributed by atoms with Crippen LogP contribution in [0.25, 0.3) is 22.3 Å². The largest absolute Gasteiger partial charge is 0.386 e. The van der Waals surface area contributed by atoms with E-state index in [1.54, 1.807) is 6.92 Å². The van der Waals surface area contributed by atoms with Gasteiger partial charge < -0.3 is 15.2 Å². The molecule has 44 heavy (non-hydrogen) atoms. The average Bonchev–Trinajstić information content (AvgIpc) is 3.73.